The van der Waals surface area contributed by atoms with Crippen molar-refractivity contribution in [2.75, 3.05) is 19.7 Å². The number of carbonyl (C=O) groups is 2. The molecule has 1 aliphatic carbocycles. The molecule has 0 aromatic carbocycles. The van der Waals surface area contributed by atoms with Crippen LogP contribution in [0.1, 0.15) is 39.5 Å². The number of urea groups is 1. The van der Waals surface area contributed by atoms with Gasteiger partial charge in [0, 0.05) is 19.1 Å². The quantitative estimate of drug-likeness (QED) is 0.850. The van der Waals surface area contributed by atoms with Crippen LogP contribution < -0.4 is 0 Å². The number of amides is 2. The summed E-state index contributed by atoms with van der Waals surface area (Å²) in [5, 5.41) is 8.90. The Labute approximate surface area is 119 Å². The summed E-state index contributed by atoms with van der Waals surface area (Å²) in [6.07, 6.45) is 3.25. The lowest BCUT2D eigenvalue weighted by molar-refractivity contribution is -0.138. The fourth-order valence-electron chi connectivity index (χ4n) is 3.33. The van der Waals surface area contributed by atoms with Gasteiger partial charge in [0.15, 0.2) is 0 Å². The summed E-state index contributed by atoms with van der Waals surface area (Å²) in [7, 11) is 0. The Morgan fingerprint density at radius 3 is 2.85 bits per heavy atom. The number of nitrogens with zero attached hydrogens (tertiary/aromatic N) is 2. The minimum Gasteiger partial charge on any atom is -0.481 e. The van der Waals surface area contributed by atoms with Crippen LogP contribution in [-0.4, -0.2) is 64.8 Å². The van der Waals surface area contributed by atoms with E-state index < -0.39 is 5.97 Å². The van der Waals surface area contributed by atoms with Crippen LogP contribution in [0.5, 0.6) is 0 Å². The molecule has 6 nitrogen and oxygen atoms in total. The largest absolute Gasteiger partial charge is 0.481 e. The topological polar surface area (TPSA) is 70.1 Å². The third-order valence-corrected chi connectivity index (χ3v) is 4.32. The second kappa shape index (κ2) is 6.43. The highest BCUT2D eigenvalue weighted by atomic mass is 16.5. The van der Waals surface area contributed by atoms with Crippen LogP contribution in [0.4, 0.5) is 4.79 Å². The van der Waals surface area contributed by atoms with Crippen molar-refractivity contribution in [2.45, 2.75) is 57.7 Å². The number of ether oxygens (including phenoxy) is 1. The Bertz CT molecular complexity index is 374. The van der Waals surface area contributed by atoms with Gasteiger partial charge in [-0.15, -0.1) is 0 Å². The molecule has 1 saturated carbocycles. The van der Waals surface area contributed by atoms with Crippen molar-refractivity contribution < 1.29 is 19.4 Å². The average molecular weight is 284 g/mol. The number of rotatable bonds is 4. The van der Waals surface area contributed by atoms with Crippen molar-refractivity contribution in [3.8, 4) is 0 Å². The van der Waals surface area contributed by atoms with E-state index in [9.17, 15) is 9.59 Å². The van der Waals surface area contributed by atoms with Gasteiger partial charge in [0.1, 0.15) is 0 Å². The lowest BCUT2D eigenvalue weighted by atomic mass is 10.1. The minimum absolute atomic E-state index is 0.0159. The number of morpholine rings is 1. The Morgan fingerprint density at radius 1 is 1.45 bits per heavy atom. The maximum absolute atomic E-state index is 12.7. The predicted octanol–water partition coefficient (Wildman–Crippen LogP) is 1.54. The van der Waals surface area contributed by atoms with E-state index >= 15 is 0 Å². The molecule has 1 saturated heterocycles. The van der Waals surface area contributed by atoms with Gasteiger partial charge in [-0.3, -0.25) is 4.79 Å². The molecule has 0 spiro atoms. The maximum Gasteiger partial charge on any atom is 0.320 e. The molecule has 0 radical (unpaired) electrons. The van der Waals surface area contributed by atoms with Gasteiger partial charge in [0.05, 0.1) is 25.2 Å². The van der Waals surface area contributed by atoms with E-state index in [1.54, 1.807) is 11.8 Å². The van der Waals surface area contributed by atoms with E-state index in [0.29, 0.717) is 19.7 Å². The fourth-order valence-corrected chi connectivity index (χ4v) is 3.33. The molecule has 1 heterocycles. The molecular weight excluding hydrogens is 260 g/mol. The first-order valence-corrected chi connectivity index (χ1v) is 7.45. The van der Waals surface area contributed by atoms with Crippen molar-refractivity contribution >= 4 is 12.0 Å². The first-order chi connectivity index (χ1) is 9.54. The maximum atomic E-state index is 12.7. The molecule has 2 fully saturated rings. The third-order valence-electron chi connectivity index (χ3n) is 4.32. The summed E-state index contributed by atoms with van der Waals surface area (Å²) < 4.78 is 5.71. The number of hydrogen-bond donors (Lipinski definition) is 1. The van der Waals surface area contributed by atoms with Crippen LogP contribution in [0.25, 0.3) is 0 Å². The highest BCUT2D eigenvalue weighted by Crippen LogP contribution is 2.30. The molecule has 2 amide bonds. The normalized spacial score (nSPS) is 27.0. The smallest absolute Gasteiger partial charge is 0.320 e. The average Bonchev–Trinajstić information content (AvgIpc) is 2.86. The Hall–Kier alpha value is -1.30. The third kappa shape index (κ3) is 3.06. The Morgan fingerprint density at radius 2 is 2.20 bits per heavy atom. The van der Waals surface area contributed by atoms with Gasteiger partial charge in [-0.2, -0.15) is 0 Å². The zero-order valence-electron chi connectivity index (χ0n) is 12.2. The number of carbonyl (C=O) groups excluding carboxylic acids is 1. The molecule has 0 bridgehead atoms. The first kappa shape index (κ1) is 15.1. The molecule has 6 heteroatoms. The van der Waals surface area contributed by atoms with E-state index in [-0.39, 0.29) is 30.6 Å². The highest BCUT2D eigenvalue weighted by molar-refractivity contribution is 5.76. The summed E-state index contributed by atoms with van der Waals surface area (Å²) in [5.74, 6) is -0.871. The van der Waals surface area contributed by atoms with E-state index in [4.69, 9.17) is 9.84 Å². The van der Waals surface area contributed by atoms with Crippen LogP contribution in [0.3, 0.4) is 0 Å². The molecule has 3 unspecified atom stereocenters. The van der Waals surface area contributed by atoms with Crippen LogP contribution in [0.15, 0.2) is 0 Å². The van der Waals surface area contributed by atoms with Crippen LogP contribution in [-0.2, 0) is 9.53 Å². The van der Waals surface area contributed by atoms with Gasteiger partial charge in [0.2, 0.25) is 0 Å². The van der Waals surface area contributed by atoms with E-state index in [2.05, 4.69) is 0 Å². The molecule has 0 aromatic rings. The molecular formula is C14H24N2O4. The van der Waals surface area contributed by atoms with E-state index in [0.717, 1.165) is 19.3 Å². The molecule has 20 heavy (non-hydrogen) atoms. The van der Waals surface area contributed by atoms with Crippen molar-refractivity contribution in [3.05, 3.63) is 0 Å². The van der Waals surface area contributed by atoms with Crippen molar-refractivity contribution in [2.24, 2.45) is 0 Å². The Balaban J connectivity index is 2.05. The summed E-state index contributed by atoms with van der Waals surface area (Å²) >= 11 is 0. The predicted molar refractivity (Wildman–Crippen MR) is 73.6 cm³/mol. The van der Waals surface area contributed by atoms with Crippen LogP contribution >= 0.6 is 0 Å². The lowest BCUT2D eigenvalue weighted by Crippen LogP contribution is -2.57. The summed E-state index contributed by atoms with van der Waals surface area (Å²) in [5.41, 5.74) is 0. The first-order valence-electron chi connectivity index (χ1n) is 7.45. The second-order valence-corrected chi connectivity index (χ2v) is 5.62. The molecule has 2 aliphatic rings. The molecule has 1 N–H and O–H groups in total. The van der Waals surface area contributed by atoms with Gasteiger partial charge >= 0.3 is 12.0 Å². The van der Waals surface area contributed by atoms with Gasteiger partial charge in [0.25, 0.3) is 0 Å². The Kier molecular flexibility index (Phi) is 4.86. The van der Waals surface area contributed by atoms with Gasteiger partial charge < -0.3 is 19.6 Å². The van der Waals surface area contributed by atoms with Crippen molar-refractivity contribution in [1.82, 2.24) is 9.80 Å². The fraction of sp³-hybridized carbons (Fsp3) is 0.857. The summed E-state index contributed by atoms with van der Waals surface area (Å²) in [6, 6.07) is -0.156. The van der Waals surface area contributed by atoms with Gasteiger partial charge in [-0.05, 0) is 33.1 Å². The van der Waals surface area contributed by atoms with E-state index in [1.807, 2.05) is 11.8 Å². The highest BCUT2D eigenvalue weighted by Gasteiger charge is 2.40. The van der Waals surface area contributed by atoms with Crippen LogP contribution in [0, 0.1) is 0 Å². The van der Waals surface area contributed by atoms with Crippen molar-refractivity contribution in [1.29, 1.82) is 0 Å². The lowest BCUT2D eigenvalue weighted by Gasteiger charge is -2.41. The number of fused-ring (bicyclic) bond motifs is 1. The molecule has 0 aromatic heterocycles. The number of hydrogen-bond acceptors (Lipinski definition) is 3. The number of carboxylic acids is 1. The van der Waals surface area contributed by atoms with Crippen LogP contribution in [0.2, 0.25) is 0 Å². The van der Waals surface area contributed by atoms with E-state index in [1.165, 1.54) is 0 Å². The molecule has 1 aliphatic heterocycles. The molecule has 3 atom stereocenters. The molecule has 2 rings (SSSR count). The van der Waals surface area contributed by atoms with Gasteiger partial charge in [-0.25, -0.2) is 4.79 Å². The number of aliphatic carboxylic acids is 1. The minimum atomic E-state index is -0.871. The van der Waals surface area contributed by atoms with Crippen molar-refractivity contribution in [3.63, 3.8) is 0 Å². The SMILES string of the molecule is CCN(C(=O)N1CCOC2CCCC21)C(C)CC(=O)O. The summed E-state index contributed by atoms with van der Waals surface area (Å²) in [4.78, 5) is 27.1. The summed E-state index contributed by atoms with van der Waals surface area (Å²) in [6.45, 7) is 5.40. The standard InChI is InChI=1S/C14H24N2O4/c1-3-15(10(2)9-13(17)18)14(19)16-7-8-20-12-6-4-5-11(12)16/h10-12H,3-9H2,1-2H3,(H,17,18). The zero-order chi connectivity index (χ0) is 14.7. The number of carboxylic acid groups (broad SMARTS) is 1. The molecule has 114 valence electrons. The second-order valence-electron chi connectivity index (χ2n) is 5.62. The van der Waals surface area contributed by atoms with Gasteiger partial charge in [-0.1, -0.05) is 0 Å². The monoisotopic (exact) mass is 284 g/mol. The zero-order valence-corrected chi connectivity index (χ0v) is 12.2.